The van der Waals surface area contributed by atoms with Gasteiger partial charge in [-0.3, -0.25) is 14.4 Å². The number of aliphatic hydroxyl groups excluding tert-OH is 1. The van der Waals surface area contributed by atoms with Crippen LogP contribution in [0.4, 0.5) is 5.69 Å². The number of carboxylic acids is 1. The molecule has 0 saturated carbocycles. The highest BCUT2D eigenvalue weighted by molar-refractivity contribution is 5.96. The van der Waals surface area contributed by atoms with Crippen LogP contribution in [0, 0.1) is 17.3 Å². The number of carbonyl (C=O) groups excluding carboxylic acids is 2. The van der Waals surface area contributed by atoms with Crippen LogP contribution in [-0.4, -0.2) is 52.9 Å². The van der Waals surface area contributed by atoms with Gasteiger partial charge in [-0.1, -0.05) is 39.0 Å². The van der Waals surface area contributed by atoms with E-state index in [1.165, 1.54) is 6.92 Å². The van der Waals surface area contributed by atoms with E-state index in [1.807, 2.05) is 38.1 Å². The Kier molecular flexibility index (Phi) is 9.03. The minimum atomic E-state index is -0.981. The number of carboxylic acid groups (broad SMARTS) is 1. The summed E-state index contributed by atoms with van der Waals surface area (Å²) in [5.74, 6) is -2.56. The van der Waals surface area contributed by atoms with Gasteiger partial charge in [-0.05, 0) is 50.2 Å². The smallest absolute Gasteiger partial charge is 0.311 e. The molecule has 1 aromatic rings. The lowest BCUT2D eigenvalue weighted by Gasteiger charge is -2.37. The zero-order valence-electron chi connectivity index (χ0n) is 20.3. The molecule has 0 bridgehead atoms. The van der Waals surface area contributed by atoms with Crippen molar-refractivity contribution in [3.05, 3.63) is 29.8 Å². The van der Waals surface area contributed by atoms with Crippen LogP contribution in [0.25, 0.3) is 0 Å². The van der Waals surface area contributed by atoms with Crippen molar-refractivity contribution in [2.24, 2.45) is 23.0 Å². The van der Waals surface area contributed by atoms with E-state index in [4.69, 9.17) is 15.6 Å². The number of nitrogens with zero attached hydrogens (tertiary/aromatic N) is 1. The highest BCUT2D eigenvalue weighted by atomic mass is 16.5. The number of anilines is 1. The van der Waals surface area contributed by atoms with Gasteiger partial charge in [-0.2, -0.15) is 0 Å². The summed E-state index contributed by atoms with van der Waals surface area (Å²) in [7, 11) is 0. The Labute approximate surface area is 196 Å². The Morgan fingerprint density at radius 1 is 1.21 bits per heavy atom. The van der Waals surface area contributed by atoms with Gasteiger partial charge in [0, 0.05) is 24.7 Å². The van der Waals surface area contributed by atoms with Crippen LogP contribution < -0.4 is 10.6 Å². The standard InChI is InChI=1S/C25H38N2O6/c1-15(2)33-24(32)18-11-17-8-6-7-9-20(17)27(14-18)22(29)13-25(4,5)12-19(26)21(28)10-16(3)23(30)31/h6-9,15-16,18-19,21,28H,10-14,26H2,1-5H3,(H,30,31)/t16-,18-,19+,21+/m1/s1. The van der Waals surface area contributed by atoms with Gasteiger partial charge in [0.05, 0.1) is 24.0 Å². The molecule has 184 valence electrons. The fourth-order valence-corrected chi connectivity index (χ4v) is 4.31. The summed E-state index contributed by atoms with van der Waals surface area (Å²) in [6.07, 6.45) is -0.109. The van der Waals surface area contributed by atoms with Gasteiger partial charge in [0.15, 0.2) is 0 Å². The molecular formula is C25H38N2O6. The molecule has 4 atom stereocenters. The molecule has 1 aromatic carbocycles. The average Bonchev–Trinajstić information content (AvgIpc) is 2.71. The molecular weight excluding hydrogens is 424 g/mol. The van der Waals surface area contributed by atoms with Gasteiger partial charge in [-0.15, -0.1) is 0 Å². The van der Waals surface area contributed by atoms with E-state index < -0.39 is 35.4 Å². The summed E-state index contributed by atoms with van der Waals surface area (Å²) in [5.41, 5.74) is 7.35. The zero-order chi connectivity index (χ0) is 24.9. The molecule has 0 spiro atoms. The number of hydrogen-bond acceptors (Lipinski definition) is 6. The van der Waals surface area contributed by atoms with Crippen LogP contribution >= 0.6 is 0 Å². The van der Waals surface area contributed by atoms with Gasteiger partial charge in [0.2, 0.25) is 5.91 Å². The Hall–Kier alpha value is -2.45. The van der Waals surface area contributed by atoms with Crippen molar-refractivity contribution in [2.75, 3.05) is 11.4 Å². The number of benzene rings is 1. The lowest BCUT2D eigenvalue weighted by molar-refractivity contribution is -0.152. The lowest BCUT2D eigenvalue weighted by Crippen LogP contribution is -2.46. The molecule has 0 radical (unpaired) electrons. The molecule has 0 aromatic heterocycles. The highest BCUT2D eigenvalue weighted by Gasteiger charge is 2.36. The van der Waals surface area contributed by atoms with E-state index >= 15 is 0 Å². The van der Waals surface area contributed by atoms with Crippen molar-refractivity contribution >= 4 is 23.5 Å². The quantitative estimate of drug-likeness (QED) is 0.456. The van der Waals surface area contributed by atoms with Crippen molar-refractivity contribution in [3.8, 4) is 0 Å². The van der Waals surface area contributed by atoms with Crippen molar-refractivity contribution in [1.82, 2.24) is 0 Å². The summed E-state index contributed by atoms with van der Waals surface area (Å²) in [6.45, 7) is 9.19. The molecule has 1 heterocycles. The minimum Gasteiger partial charge on any atom is -0.481 e. The number of para-hydroxylation sites is 1. The molecule has 1 aliphatic rings. The Morgan fingerprint density at radius 3 is 2.45 bits per heavy atom. The van der Waals surface area contributed by atoms with Gasteiger partial charge in [0.1, 0.15) is 0 Å². The molecule has 8 heteroatoms. The first-order valence-electron chi connectivity index (χ1n) is 11.6. The van der Waals surface area contributed by atoms with Crippen molar-refractivity contribution in [2.45, 2.75) is 78.6 Å². The molecule has 0 fully saturated rings. The van der Waals surface area contributed by atoms with E-state index in [9.17, 15) is 19.5 Å². The molecule has 2 rings (SSSR count). The molecule has 0 saturated heterocycles. The first-order chi connectivity index (χ1) is 15.3. The Balaban J connectivity index is 2.11. The predicted molar refractivity (Wildman–Crippen MR) is 126 cm³/mol. The SMILES string of the molecule is CC(C)OC(=O)[C@@H]1Cc2ccccc2N(C(=O)CC(C)(C)C[C@H](N)[C@@H](O)C[C@@H](C)C(=O)O)C1. The summed E-state index contributed by atoms with van der Waals surface area (Å²) in [6, 6.07) is 6.91. The number of esters is 1. The first kappa shape index (κ1) is 26.8. The molecule has 1 aliphatic heterocycles. The predicted octanol–water partition coefficient (Wildman–Crippen LogP) is 2.75. The zero-order valence-corrected chi connectivity index (χ0v) is 20.3. The van der Waals surface area contributed by atoms with E-state index in [2.05, 4.69) is 0 Å². The van der Waals surface area contributed by atoms with Crippen molar-refractivity contribution < 1.29 is 29.3 Å². The maximum atomic E-state index is 13.4. The number of hydrogen-bond donors (Lipinski definition) is 3. The summed E-state index contributed by atoms with van der Waals surface area (Å²) in [4.78, 5) is 38.7. The summed E-state index contributed by atoms with van der Waals surface area (Å²) >= 11 is 0. The molecule has 0 aliphatic carbocycles. The van der Waals surface area contributed by atoms with Gasteiger partial charge >= 0.3 is 11.9 Å². The van der Waals surface area contributed by atoms with E-state index in [0.29, 0.717) is 12.8 Å². The third kappa shape index (κ3) is 7.54. The van der Waals surface area contributed by atoms with E-state index in [-0.39, 0.29) is 37.4 Å². The molecule has 4 N–H and O–H groups in total. The van der Waals surface area contributed by atoms with Gasteiger partial charge in [0.25, 0.3) is 0 Å². The second-order valence-electron chi connectivity index (χ2n) is 10.3. The van der Waals surface area contributed by atoms with Gasteiger partial charge < -0.3 is 25.6 Å². The van der Waals surface area contributed by atoms with Crippen LogP contribution in [0.1, 0.15) is 59.4 Å². The van der Waals surface area contributed by atoms with Crippen LogP contribution in [0.5, 0.6) is 0 Å². The maximum absolute atomic E-state index is 13.4. The van der Waals surface area contributed by atoms with Crippen LogP contribution in [-0.2, 0) is 25.5 Å². The first-order valence-corrected chi connectivity index (χ1v) is 11.6. The second kappa shape index (κ2) is 11.1. The highest BCUT2D eigenvalue weighted by Crippen LogP contribution is 2.34. The normalized spacial score (nSPS) is 18.9. The fraction of sp³-hybridized carbons (Fsp3) is 0.640. The average molecular weight is 463 g/mol. The monoisotopic (exact) mass is 462 g/mol. The number of aliphatic carboxylic acids is 1. The van der Waals surface area contributed by atoms with E-state index in [0.717, 1.165) is 11.3 Å². The number of amides is 1. The van der Waals surface area contributed by atoms with Crippen molar-refractivity contribution in [1.29, 1.82) is 0 Å². The molecule has 0 unspecified atom stereocenters. The van der Waals surface area contributed by atoms with Crippen molar-refractivity contribution in [3.63, 3.8) is 0 Å². The maximum Gasteiger partial charge on any atom is 0.311 e. The third-order valence-corrected chi connectivity index (χ3v) is 6.07. The largest absolute Gasteiger partial charge is 0.481 e. The summed E-state index contributed by atoms with van der Waals surface area (Å²) in [5, 5.41) is 19.4. The Morgan fingerprint density at radius 2 is 1.85 bits per heavy atom. The van der Waals surface area contributed by atoms with Crippen LogP contribution in [0.15, 0.2) is 24.3 Å². The lowest BCUT2D eigenvalue weighted by atomic mass is 9.79. The topological polar surface area (TPSA) is 130 Å². The van der Waals surface area contributed by atoms with Crippen LogP contribution in [0.2, 0.25) is 0 Å². The number of ether oxygens (including phenoxy) is 1. The molecule has 1 amide bonds. The number of rotatable bonds is 10. The second-order valence-corrected chi connectivity index (χ2v) is 10.3. The minimum absolute atomic E-state index is 0.0552. The third-order valence-electron chi connectivity index (χ3n) is 6.07. The fourth-order valence-electron chi connectivity index (χ4n) is 4.31. The van der Waals surface area contributed by atoms with Gasteiger partial charge in [-0.25, -0.2) is 0 Å². The van der Waals surface area contributed by atoms with Crippen LogP contribution in [0.3, 0.4) is 0 Å². The summed E-state index contributed by atoms with van der Waals surface area (Å²) < 4.78 is 5.40. The van der Waals surface area contributed by atoms with E-state index in [1.54, 1.807) is 18.7 Å². The number of carbonyl (C=O) groups is 3. The number of nitrogens with two attached hydrogens (primary N) is 1. The molecule has 8 nitrogen and oxygen atoms in total. The Bertz CT molecular complexity index is 853. The number of aliphatic hydroxyl groups is 1. The number of fused-ring (bicyclic) bond motifs is 1. The molecule has 33 heavy (non-hydrogen) atoms.